The summed E-state index contributed by atoms with van der Waals surface area (Å²) in [6, 6.07) is 0. The second-order valence-corrected chi connectivity index (χ2v) is 6.56. The van der Waals surface area contributed by atoms with Gasteiger partial charge in [-0.25, -0.2) is 0 Å². The van der Waals surface area contributed by atoms with Crippen LogP contribution in [0.2, 0.25) is 0 Å². The number of hydrogen-bond donors (Lipinski definition) is 2. The molecule has 16 heavy (non-hydrogen) atoms. The Morgan fingerprint density at radius 3 is 2.56 bits per heavy atom. The minimum Gasteiger partial charge on any atom is -0.390 e. The van der Waals surface area contributed by atoms with Crippen LogP contribution in [0.25, 0.3) is 0 Å². The first-order valence-electron chi connectivity index (χ1n) is 6.75. The van der Waals surface area contributed by atoms with Gasteiger partial charge in [0.15, 0.2) is 0 Å². The van der Waals surface area contributed by atoms with Crippen LogP contribution in [0.15, 0.2) is 0 Å². The standard InChI is InChI=1S/C14H29NO/c1-11(2)8-13(4,16)14(10-15)7-5-6-12(3)9-14/h11-12,16H,5-10,15H2,1-4H3. The summed E-state index contributed by atoms with van der Waals surface area (Å²) in [5, 5.41) is 10.8. The molecule has 1 fully saturated rings. The SMILES string of the molecule is CC(C)CC(C)(O)C1(CN)CCCC(C)C1. The lowest BCUT2D eigenvalue weighted by Gasteiger charge is -2.50. The molecule has 3 unspecified atom stereocenters. The van der Waals surface area contributed by atoms with Crippen LogP contribution in [0.3, 0.4) is 0 Å². The van der Waals surface area contributed by atoms with Crippen molar-refractivity contribution in [2.75, 3.05) is 6.54 Å². The fourth-order valence-electron chi connectivity index (χ4n) is 3.57. The van der Waals surface area contributed by atoms with Crippen LogP contribution in [-0.2, 0) is 0 Å². The topological polar surface area (TPSA) is 46.2 Å². The Morgan fingerprint density at radius 1 is 1.50 bits per heavy atom. The second-order valence-electron chi connectivity index (χ2n) is 6.56. The summed E-state index contributed by atoms with van der Waals surface area (Å²) in [4.78, 5) is 0. The summed E-state index contributed by atoms with van der Waals surface area (Å²) in [7, 11) is 0. The molecular formula is C14H29NO. The lowest BCUT2D eigenvalue weighted by atomic mass is 9.59. The first-order valence-corrected chi connectivity index (χ1v) is 6.75. The molecule has 1 aliphatic rings. The van der Waals surface area contributed by atoms with Crippen molar-refractivity contribution in [2.45, 2.75) is 65.4 Å². The van der Waals surface area contributed by atoms with Crippen LogP contribution in [0.1, 0.15) is 59.8 Å². The maximum atomic E-state index is 10.8. The predicted octanol–water partition coefficient (Wildman–Crippen LogP) is 2.94. The smallest absolute Gasteiger partial charge is 0.0690 e. The van der Waals surface area contributed by atoms with E-state index in [0.29, 0.717) is 18.4 Å². The van der Waals surface area contributed by atoms with Gasteiger partial charge in [0.05, 0.1) is 5.60 Å². The van der Waals surface area contributed by atoms with E-state index < -0.39 is 5.60 Å². The highest BCUT2D eigenvalue weighted by Crippen LogP contribution is 2.48. The van der Waals surface area contributed by atoms with Gasteiger partial charge in [0.25, 0.3) is 0 Å². The van der Waals surface area contributed by atoms with Gasteiger partial charge in [-0.05, 0) is 38.0 Å². The van der Waals surface area contributed by atoms with Crippen molar-refractivity contribution in [1.29, 1.82) is 0 Å². The van der Waals surface area contributed by atoms with E-state index in [1.165, 1.54) is 12.8 Å². The van der Waals surface area contributed by atoms with E-state index in [4.69, 9.17) is 5.73 Å². The van der Waals surface area contributed by atoms with Crippen LogP contribution < -0.4 is 5.73 Å². The van der Waals surface area contributed by atoms with Crippen molar-refractivity contribution in [2.24, 2.45) is 23.0 Å². The van der Waals surface area contributed by atoms with Crippen molar-refractivity contribution in [3.8, 4) is 0 Å². The predicted molar refractivity (Wildman–Crippen MR) is 69.2 cm³/mol. The van der Waals surface area contributed by atoms with Gasteiger partial charge < -0.3 is 10.8 Å². The Labute approximate surface area is 101 Å². The molecule has 96 valence electrons. The van der Waals surface area contributed by atoms with E-state index >= 15 is 0 Å². The Kier molecular flexibility index (Phi) is 4.42. The number of aliphatic hydroxyl groups is 1. The van der Waals surface area contributed by atoms with E-state index in [9.17, 15) is 5.11 Å². The van der Waals surface area contributed by atoms with E-state index in [-0.39, 0.29) is 5.41 Å². The largest absolute Gasteiger partial charge is 0.390 e. The lowest BCUT2D eigenvalue weighted by Crippen LogP contribution is -2.53. The Bertz CT molecular complexity index is 225. The first kappa shape index (κ1) is 14.0. The zero-order valence-electron chi connectivity index (χ0n) is 11.4. The van der Waals surface area contributed by atoms with E-state index in [1.54, 1.807) is 0 Å². The summed E-state index contributed by atoms with van der Waals surface area (Å²) >= 11 is 0. The highest BCUT2D eigenvalue weighted by Gasteiger charge is 2.47. The molecule has 1 rings (SSSR count). The molecule has 0 heterocycles. The van der Waals surface area contributed by atoms with Crippen LogP contribution in [0.5, 0.6) is 0 Å². The van der Waals surface area contributed by atoms with Crippen molar-refractivity contribution in [3.63, 3.8) is 0 Å². The van der Waals surface area contributed by atoms with Crippen molar-refractivity contribution in [3.05, 3.63) is 0 Å². The maximum absolute atomic E-state index is 10.8. The number of nitrogens with two attached hydrogens (primary N) is 1. The lowest BCUT2D eigenvalue weighted by molar-refractivity contribution is -0.106. The van der Waals surface area contributed by atoms with Gasteiger partial charge in [-0.15, -0.1) is 0 Å². The zero-order valence-corrected chi connectivity index (χ0v) is 11.4. The molecule has 2 nitrogen and oxygen atoms in total. The van der Waals surface area contributed by atoms with Gasteiger partial charge in [-0.3, -0.25) is 0 Å². The number of hydrogen-bond acceptors (Lipinski definition) is 2. The monoisotopic (exact) mass is 227 g/mol. The normalized spacial score (nSPS) is 35.1. The van der Waals surface area contributed by atoms with Crippen LogP contribution in [-0.4, -0.2) is 17.3 Å². The van der Waals surface area contributed by atoms with E-state index in [0.717, 1.165) is 19.3 Å². The molecule has 0 saturated heterocycles. The minimum absolute atomic E-state index is 0.0467. The van der Waals surface area contributed by atoms with Gasteiger partial charge >= 0.3 is 0 Å². The molecule has 0 amide bonds. The molecule has 0 aliphatic heterocycles. The highest BCUT2D eigenvalue weighted by molar-refractivity contribution is 5.00. The molecule has 0 bridgehead atoms. The van der Waals surface area contributed by atoms with Crippen molar-refractivity contribution < 1.29 is 5.11 Å². The maximum Gasteiger partial charge on any atom is 0.0690 e. The fraction of sp³-hybridized carbons (Fsp3) is 1.00. The van der Waals surface area contributed by atoms with Crippen molar-refractivity contribution in [1.82, 2.24) is 0 Å². The van der Waals surface area contributed by atoms with Gasteiger partial charge in [-0.1, -0.05) is 33.6 Å². The van der Waals surface area contributed by atoms with Crippen LogP contribution in [0.4, 0.5) is 0 Å². The molecule has 3 N–H and O–H groups in total. The van der Waals surface area contributed by atoms with Gasteiger partial charge in [0, 0.05) is 12.0 Å². The molecule has 3 atom stereocenters. The summed E-state index contributed by atoms with van der Waals surface area (Å²) < 4.78 is 0. The highest BCUT2D eigenvalue weighted by atomic mass is 16.3. The van der Waals surface area contributed by atoms with Gasteiger partial charge in [-0.2, -0.15) is 0 Å². The third-order valence-electron chi connectivity index (χ3n) is 4.43. The van der Waals surface area contributed by atoms with E-state index in [1.807, 2.05) is 6.92 Å². The summed E-state index contributed by atoms with van der Waals surface area (Å²) in [5.41, 5.74) is 5.35. The summed E-state index contributed by atoms with van der Waals surface area (Å²) in [5.74, 6) is 1.23. The van der Waals surface area contributed by atoms with Gasteiger partial charge in [0.1, 0.15) is 0 Å². The molecule has 0 aromatic heterocycles. The first-order chi connectivity index (χ1) is 7.33. The number of rotatable bonds is 4. The molecular weight excluding hydrogens is 198 g/mol. The summed E-state index contributed by atoms with van der Waals surface area (Å²) in [6.45, 7) is 9.25. The quantitative estimate of drug-likeness (QED) is 0.775. The fourth-order valence-corrected chi connectivity index (χ4v) is 3.57. The average molecular weight is 227 g/mol. The Morgan fingerprint density at radius 2 is 2.12 bits per heavy atom. The Hall–Kier alpha value is -0.0800. The zero-order chi connectivity index (χ0) is 12.4. The molecule has 0 aromatic carbocycles. The second kappa shape index (κ2) is 5.05. The Balaban J connectivity index is 2.84. The van der Waals surface area contributed by atoms with Crippen molar-refractivity contribution >= 4 is 0 Å². The minimum atomic E-state index is -0.607. The van der Waals surface area contributed by atoms with Crippen LogP contribution >= 0.6 is 0 Å². The average Bonchev–Trinajstić information content (AvgIpc) is 2.15. The van der Waals surface area contributed by atoms with Gasteiger partial charge in [0.2, 0.25) is 0 Å². The molecule has 0 radical (unpaired) electrons. The third-order valence-corrected chi connectivity index (χ3v) is 4.43. The third kappa shape index (κ3) is 2.78. The molecule has 0 spiro atoms. The molecule has 1 saturated carbocycles. The van der Waals surface area contributed by atoms with E-state index in [2.05, 4.69) is 20.8 Å². The molecule has 0 aromatic rings. The molecule has 2 heteroatoms. The summed E-state index contributed by atoms with van der Waals surface area (Å²) in [6.07, 6.45) is 5.54. The molecule has 1 aliphatic carbocycles. The van der Waals surface area contributed by atoms with Crippen LogP contribution in [0, 0.1) is 17.3 Å².